The highest BCUT2D eigenvalue weighted by Gasteiger charge is 2.45. The first-order valence-corrected chi connectivity index (χ1v) is 12.3. The van der Waals surface area contributed by atoms with Crippen LogP contribution in [0.2, 0.25) is 0 Å². The van der Waals surface area contributed by atoms with Crippen LogP contribution in [-0.4, -0.2) is 64.0 Å². The third-order valence-corrected chi connectivity index (χ3v) is 6.73. The molecule has 182 valence electrons. The predicted octanol–water partition coefficient (Wildman–Crippen LogP) is 4.17. The summed E-state index contributed by atoms with van der Waals surface area (Å²) in [5.74, 6) is 0.765. The molecule has 1 saturated heterocycles. The Morgan fingerprint density at radius 1 is 1.12 bits per heavy atom. The van der Waals surface area contributed by atoms with Gasteiger partial charge in [0.1, 0.15) is 11.3 Å². The van der Waals surface area contributed by atoms with Crippen LogP contribution in [-0.2, 0) is 9.59 Å². The van der Waals surface area contributed by atoms with Gasteiger partial charge in [0.25, 0.3) is 5.91 Å². The van der Waals surface area contributed by atoms with Crippen LogP contribution in [0.25, 0.3) is 11.1 Å². The second kappa shape index (κ2) is 11.4. The fraction of sp³-hybridized carbons (Fsp3) is 0.400. The first kappa shape index (κ1) is 25.6. The molecule has 1 aliphatic rings. The van der Waals surface area contributed by atoms with Gasteiger partial charge in [-0.15, -0.1) is 11.8 Å². The molecule has 0 aromatic heterocycles. The molecular weight excluding hydrogens is 454 g/mol. The number of thioether (sulfide) groups is 1. The molecule has 2 N–H and O–H groups in total. The van der Waals surface area contributed by atoms with Gasteiger partial charge in [0, 0.05) is 10.6 Å². The lowest BCUT2D eigenvalue weighted by atomic mass is 10.1. The molecule has 4 amide bonds. The van der Waals surface area contributed by atoms with Crippen molar-refractivity contribution in [2.75, 3.05) is 18.9 Å². The number of rotatable bonds is 12. The number of nitrogens with zero attached hydrogens (tertiary/aromatic N) is 2. The lowest BCUT2D eigenvalue weighted by Gasteiger charge is -2.26. The summed E-state index contributed by atoms with van der Waals surface area (Å²) in [6.45, 7) is 5.97. The average molecular weight is 486 g/mol. The number of nitrogens with one attached hydrogen (secondary N) is 1. The Kier molecular flexibility index (Phi) is 8.57. The highest BCUT2D eigenvalue weighted by atomic mass is 32.2. The Labute approximate surface area is 204 Å². The fourth-order valence-electron chi connectivity index (χ4n) is 3.51. The van der Waals surface area contributed by atoms with Crippen molar-refractivity contribution in [2.45, 2.75) is 50.1 Å². The van der Waals surface area contributed by atoms with Gasteiger partial charge < -0.3 is 10.1 Å². The number of benzene rings is 2. The highest BCUT2D eigenvalue weighted by Crippen LogP contribution is 2.27. The van der Waals surface area contributed by atoms with Crippen molar-refractivity contribution in [3.63, 3.8) is 0 Å². The van der Waals surface area contributed by atoms with Crippen molar-refractivity contribution < 1.29 is 24.3 Å². The Hall–Kier alpha value is -3.04. The molecule has 0 saturated carbocycles. The van der Waals surface area contributed by atoms with Gasteiger partial charge >= 0.3 is 6.03 Å². The molecule has 8 nitrogen and oxygen atoms in total. The maximum atomic E-state index is 12.5. The summed E-state index contributed by atoms with van der Waals surface area (Å²) in [6, 6.07) is 14.6. The molecule has 0 spiro atoms. The SMILES string of the molecule is CCCCOc1ccc(-c2ccc(SCC(CN3C(=O)NC(C)(C)C3=O)N(O)C=O)cc2)cc1. The molecule has 1 unspecified atom stereocenters. The minimum atomic E-state index is -1.01. The number of ether oxygens (including phenoxy) is 1. The van der Waals surface area contributed by atoms with E-state index >= 15 is 0 Å². The molecule has 9 heteroatoms. The zero-order chi connectivity index (χ0) is 24.7. The van der Waals surface area contributed by atoms with Crippen LogP contribution in [0.4, 0.5) is 4.79 Å². The van der Waals surface area contributed by atoms with E-state index in [0.717, 1.165) is 39.5 Å². The van der Waals surface area contributed by atoms with Crippen molar-refractivity contribution in [3.05, 3.63) is 48.5 Å². The molecule has 0 radical (unpaired) electrons. The summed E-state index contributed by atoms with van der Waals surface area (Å²) in [5.41, 5.74) is 1.12. The number of imide groups is 1. The Morgan fingerprint density at radius 2 is 1.74 bits per heavy atom. The number of carbonyl (C=O) groups excluding carboxylic acids is 3. The van der Waals surface area contributed by atoms with Crippen LogP contribution in [0.5, 0.6) is 5.75 Å². The number of amides is 4. The molecule has 1 fully saturated rings. The second-order valence-electron chi connectivity index (χ2n) is 8.67. The summed E-state index contributed by atoms with van der Waals surface area (Å²) in [7, 11) is 0. The number of carbonyl (C=O) groups is 3. The van der Waals surface area contributed by atoms with E-state index in [1.165, 1.54) is 11.8 Å². The summed E-state index contributed by atoms with van der Waals surface area (Å²) < 4.78 is 5.71. The first-order chi connectivity index (χ1) is 16.2. The Bertz CT molecular complexity index is 995. The van der Waals surface area contributed by atoms with Gasteiger partial charge in [0.15, 0.2) is 0 Å². The van der Waals surface area contributed by atoms with Gasteiger partial charge in [-0.3, -0.25) is 19.7 Å². The fourth-order valence-corrected chi connectivity index (χ4v) is 4.48. The third-order valence-electron chi connectivity index (χ3n) is 5.57. The Balaban J connectivity index is 1.60. The average Bonchev–Trinajstić information content (AvgIpc) is 3.03. The van der Waals surface area contributed by atoms with Gasteiger partial charge in [-0.25, -0.2) is 9.86 Å². The molecule has 34 heavy (non-hydrogen) atoms. The van der Waals surface area contributed by atoms with Crippen molar-refractivity contribution >= 4 is 30.1 Å². The largest absolute Gasteiger partial charge is 0.494 e. The molecule has 2 aromatic rings. The molecule has 1 atom stereocenters. The number of hydrogen-bond donors (Lipinski definition) is 2. The van der Waals surface area contributed by atoms with Crippen LogP contribution in [0.1, 0.15) is 33.6 Å². The summed E-state index contributed by atoms with van der Waals surface area (Å²) in [5, 5.41) is 13.1. The van der Waals surface area contributed by atoms with Crippen LogP contribution in [0.15, 0.2) is 53.4 Å². The van der Waals surface area contributed by atoms with E-state index in [9.17, 15) is 19.6 Å². The number of urea groups is 1. The quantitative estimate of drug-likeness (QED) is 0.117. The van der Waals surface area contributed by atoms with Crippen molar-refractivity contribution in [2.24, 2.45) is 0 Å². The molecule has 1 aliphatic heterocycles. The standard InChI is InChI=1S/C25H31N3O5S/c1-4-5-14-33-21-10-6-18(7-11-21)19-8-12-22(13-9-19)34-16-20(28(32)17-29)15-27-23(30)25(2,3)26-24(27)31/h6-13,17,20,32H,4-5,14-16H2,1-3H3,(H,26,31). The predicted molar refractivity (Wildman–Crippen MR) is 131 cm³/mol. The van der Waals surface area contributed by atoms with E-state index < -0.39 is 23.5 Å². The second-order valence-corrected chi connectivity index (χ2v) is 9.77. The van der Waals surface area contributed by atoms with E-state index in [2.05, 4.69) is 12.2 Å². The van der Waals surface area contributed by atoms with E-state index in [4.69, 9.17) is 4.74 Å². The molecule has 1 heterocycles. The van der Waals surface area contributed by atoms with Gasteiger partial charge in [0.2, 0.25) is 6.41 Å². The van der Waals surface area contributed by atoms with Crippen LogP contribution in [0.3, 0.4) is 0 Å². The summed E-state index contributed by atoms with van der Waals surface area (Å²) in [6.07, 6.45) is 2.41. The number of hydroxylamine groups is 2. The zero-order valence-electron chi connectivity index (χ0n) is 19.7. The molecule has 0 bridgehead atoms. The Morgan fingerprint density at radius 3 is 2.26 bits per heavy atom. The molecule has 0 aliphatic carbocycles. The van der Waals surface area contributed by atoms with Gasteiger partial charge in [-0.05, 0) is 55.7 Å². The topological polar surface area (TPSA) is 99.2 Å². The third kappa shape index (κ3) is 6.30. The van der Waals surface area contributed by atoms with Crippen molar-refractivity contribution in [1.29, 1.82) is 0 Å². The van der Waals surface area contributed by atoms with Crippen LogP contribution < -0.4 is 10.1 Å². The van der Waals surface area contributed by atoms with Crippen LogP contribution >= 0.6 is 11.8 Å². The smallest absolute Gasteiger partial charge is 0.325 e. The monoisotopic (exact) mass is 485 g/mol. The number of hydrogen-bond acceptors (Lipinski definition) is 6. The van der Waals surface area contributed by atoms with E-state index in [1.54, 1.807) is 13.8 Å². The summed E-state index contributed by atoms with van der Waals surface area (Å²) >= 11 is 1.43. The van der Waals surface area contributed by atoms with E-state index in [0.29, 0.717) is 17.4 Å². The lowest BCUT2D eigenvalue weighted by molar-refractivity contribution is -0.160. The number of unbranched alkanes of at least 4 members (excludes halogenated alkanes) is 1. The highest BCUT2D eigenvalue weighted by molar-refractivity contribution is 7.99. The van der Waals surface area contributed by atoms with Crippen molar-refractivity contribution in [3.8, 4) is 16.9 Å². The molecule has 2 aromatic carbocycles. The minimum Gasteiger partial charge on any atom is -0.494 e. The maximum Gasteiger partial charge on any atom is 0.325 e. The molecule has 3 rings (SSSR count). The molecular formula is C25H31N3O5S. The van der Waals surface area contributed by atoms with Crippen molar-refractivity contribution in [1.82, 2.24) is 15.3 Å². The van der Waals surface area contributed by atoms with Crippen LogP contribution in [0, 0.1) is 0 Å². The van der Waals surface area contributed by atoms with E-state index in [-0.39, 0.29) is 13.0 Å². The lowest BCUT2D eigenvalue weighted by Crippen LogP contribution is -2.47. The first-order valence-electron chi connectivity index (χ1n) is 11.3. The normalized spacial score (nSPS) is 15.7. The summed E-state index contributed by atoms with van der Waals surface area (Å²) in [4.78, 5) is 37.8. The minimum absolute atomic E-state index is 0.0961. The van der Waals surface area contributed by atoms with E-state index in [1.807, 2.05) is 48.5 Å². The van der Waals surface area contributed by atoms with Gasteiger partial charge in [-0.1, -0.05) is 37.6 Å². The zero-order valence-corrected chi connectivity index (χ0v) is 20.5. The maximum absolute atomic E-state index is 12.5. The van der Waals surface area contributed by atoms with Gasteiger partial charge in [0.05, 0.1) is 19.2 Å². The van der Waals surface area contributed by atoms with Gasteiger partial charge in [-0.2, -0.15) is 0 Å².